The van der Waals surface area contributed by atoms with E-state index in [9.17, 15) is 19.5 Å². The van der Waals surface area contributed by atoms with E-state index in [1.54, 1.807) is 19.1 Å². The monoisotopic (exact) mass is 482 g/mol. The maximum Gasteiger partial charge on any atom is 0.350 e. The molecule has 3 heterocycles. The van der Waals surface area contributed by atoms with E-state index >= 15 is 0 Å². The Morgan fingerprint density at radius 1 is 1.24 bits per heavy atom. The Hall–Kier alpha value is -3.20. The van der Waals surface area contributed by atoms with Gasteiger partial charge in [0.2, 0.25) is 0 Å². The lowest BCUT2D eigenvalue weighted by Crippen LogP contribution is -2.43. The first-order valence-corrected chi connectivity index (χ1v) is 12.2. The van der Waals surface area contributed by atoms with E-state index in [4.69, 9.17) is 9.47 Å². The third-order valence-electron chi connectivity index (χ3n) is 7.26. The molecular formula is C25H26N2O6S. The van der Waals surface area contributed by atoms with Gasteiger partial charge in [0.15, 0.2) is 16.7 Å². The Kier molecular flexibility index (Phi) is 5.47. The molecule has 2 aromatic rings. The number of fused-ring (bicyclic) bond motifs is 1. The maximum atomic E-state index is 13.8. The van der Waals surface area contributed by atoms with Crippen LogP contribution in [0.15, 0.2) is 35.6 Å². The topological polar surface area (TPSA) is 106 Å². The summed E-state index contributed by atoms with van der Waals surface area (Å²) in [5, 5.41) is 10.4. The number of rotatable bonds is 3. The fraction of sp³-hybridized carbons (Fsp3) is 0.440. The van der Waals surface area contributed by atoms with Crippen LogP contribution in [0.3, 0.4) is 0 Å². The first-order chi connectivity index (χ1) is 16.2. The molecule has 178 valence electrons. The van der Waals surface area contributed by atoms with E-state index < -0.39 is 17.9 Å². The largest absolute Gasteiger partial charge is 0.508 e. The molecule has 0 bridgehead atoms. The normalized spacial score (nSPS) is 28.5. The van der Waals surface area contributed by atoms with Crippen molar-refractivity contribution in [1.29, 1.82) is 0 Å². The number of hydrogen-bond donors (Lipinski definition) is 1. The third-order valence-corrected chi connectivity index (χ3v) is 8.40. The lowest BCUT2D eigenvalue weighted by Gasteiger charge is -2.40. The van der Waals surface area contributed by atoms with Crippen molar-refractivity contribution in [2.45, 2.75) is 45.8 Å². The number of ether oxygens (including phenoxy) is 2. The van der Waals surface area contributed by atoms with E-state index in [1.807, 2.05) is 0 Å². The van der Waals surface area contributed by atoms with E-state index in [2.05, 4.69) is 18.8 Å². The predicted octanol–water partition coefficient (Wildman–Crippen LogP) is 3.94. The van der Waals surface area contributed by atoms with Crippen LogP contribution >= 0.6 is 11.3 Å². The number of nitrogens with zero attached hydrogens (tertiary/aromatic N) is 2. The van der Waals surface area contributed by atoms with Gasteiger partial charge in [0.25, 0.3) is 5.91 Å². The minimum absolute atomic E-state index is 0.0201. The second-order valence-electron chi connectivity index (χ2n) is 9.37. The molecular weight excluding hydrogens is 456 g/mol. The molecule has 5 unspecified atom stereocenters. The maximum absolute atomic E-state index is 13.8. The average Bonchev–Trinajstić information content (AvgIpc) is 3.32. The summed E-state index contributed by atoms with van der Waals surface area (Å²) in [4.78, 5) is 45.9. The van der Waals surface area contributed by atoms with Crippen LogP contribution in [-0.2, 0) is 19.1 Å². The number of esters is 1. The van der Waals surface area contributed by atoms with Crippen LogP contribution in [0.25, 0.3) is 0 Å². The van der Waals surface area contributed by atoms with Crippen molar-refractivity contribution in [3.05, 3.63) is 51.7 Å². The minimum Gasteiger partial charge on any atom is -0.508 e. The number of hydrogen-bond acceptors (Lipinski definition) is 8. The molecule has 1 N–H and O–H groups in total. The van der Waals surface area contributed by atoms with Gasteiger partial charge in [-0.05, 0) is 49.3 Å². The Morgan fingerprint density at radius 3 is 2.68 bits per heavy atom. The molecule has 34 heavy (non-hydrogen) atoms. The highest BCUT2D eigenvalue weighted by Gasteiger charge is 2.54. The van der Waals surface area contributed by atoms with Crippen LogP contribution in [-0.4, -0.2) is 41.0 Å². The van der Waals surface area contributed by atoms with Crippen LogP contribution in [0, 0.1) is 24.7 Å². The second kappa shape index (κ2) is 8.23. The highest BCUT2D eigenvalue weighted by atomic mass is 32.1. The van der Waals surface area contributed by atoms with Gasteiger partial charge in [-0.2, -0.15) is 0 Å². The number of aromatic nitrogens is 1. The summed E-state index contributed by atoms with van der Waals surface area (Å²) in [7, 11) is 1.29. The van der Waals surface area contributed by atoms with Gasteiger partial charge < -0.3 is 14.6 Å². The summed E-state index contributed by atoms with van der Waals surface area (Å²) in [5.41, 5.74) is 1.30. The molecule has 1 aliphatic carbocycles. The van der Waals surface area contributed by atoms with E-state index in [-0.39, 0.29) is 39.3 Å². The fourth-order valence-electron chi connectivity index (χ4n) is 5.24. The lowest BCUT2D eigenvalue weighted by molar-refractivity contribution is -0.134. The number of carbonyl (C=O) groups excluding carboxylic acids is 3. The predicted molar refractivity (Wildman–Crippen MR) is 124 cm³/mol. The quantitative estimate of drug-likeness (QED) is 0.661. The molecule has 1 aromatic carbocycles. The Balaban J connectivity index is 1.64. The molecule has 2 aliphatic heterocycles. The number of phenolic OH excluding ortho intramolecular Hbond substituents is 1. The van der Waals surface area contributed by atoms with Crippen LogP contribution in [0.4, 0.5) is 5.13 Å². The number of aromatic hydroxyl groups is 1. The van der Waals surface area contributed by atoms with Gasteiger partial charge in [0.1, 0.15) is 16.7 Å². The number of anilines is 1. The van der Waals surface area contributed by atoms with Crippen molar-refractivity contribution >= 4 is 34.1 Å². The number of thiazole rings is 1. The van der Waals surface area contributed by atoms with E-state index in [0.717, 1.165) is 11.3 Å². The smallest absolute Gasteiger partial charge is 0.350 e. The molecule has 0 spiro atoms. The fourth-order valence-corrected chi connectivity index (χ4v) is 6.25. The minimum atomic E-state index is -0.811. The molecule has 5 rings (SSSR count). The summed E-state index contributed by atoms with van der Waals surface area (Å²) in [6, 6.07) is 5.68. The first kappa shape index (κ1) is 22.6. The van der Waals surface area contributed by atoms with Crippen molar-refractivity contribution in [2.24, 2.45) is 17.8 Å². The van der Waals surface area contributed by atoms with Crippen LogP contribution in [0.2, 0.25) is 0 Å². The summed E-state index contributed by atoms with van der Waals surface area (Å²) in [6.45, 7) is 5.95. The first-order valence-electron chi connectivity index (χ1n) is 11.3. The van der Waals surface area contributed by atoms with Gasteiger partial charge in [-0.1, -0.05) is 37.3 Å². The SMILES string of the molecule is COC(=O)c1sc(N2C(=O)C3=C(C(=O)C4CC(C)C(C)CC4O3)C2c2cccc(O)c2)nc1C. The number of methoxy groups -OCH3 is 1. The summed E-state index contributed by atoms with van der Waals surface area (Å²) < 4.78 is 11.1. The zero-order valence-corrected chi connectivity index (χ0v) is 20.2. The van der Waals surface area contributed by atoms with Crippen LogP contribution < -0.4 is 4.90 Å². The number of benzene rings is 1. The van der Waals surface area contributed by atoms with Gasteiger partial charge >= 0.3 is 5.97 Å². The van der Waals surface area contributed by atoms with E-state index in [1.165, 1.54) is 24.1 Å². The lowest BCUT2D eigenvalue weighted by atomic mass is 9.70. The zero-order valence-electron chi connectivity index (χ0n) is 19.4. The van der Waals surface area contributed by atoms with Gasteiger partial charge in [0.05, 0.1) is 30.3 Å². The summed E-state index contributed by atoms with van der Waals surface area (Å²) in [5.74, 6) is -0.590. The molecule has 0 saturated heterocycles. The highest BCUT2D eigenvalue weighted by molar-refractivity contribution is 7.17. The molecule has 5 atom stereocenters. The van der Waals surface area contributed by atoms with Gasteiger partial charge in [-0.3, -0.25) is 14.5 Å². The molecule has 1 aromatic heterocycles. The van der Waals surface area contributed by atoms with Crippen LogP contribution in [0.5, 0.6) is 5.75 Å². The van der Waals surface area contributed by atoms with Crippen molar-refractivity contribution < 1.29 is 29.0 Å². The summed E-state index contributed by atoms with van der Waals surface area (Å²) >= 11 is 1.03. The van der Waals surface area contributed by atoms with Crippen molar-refractivity contribution in [1.82, 2.24) is 4.98 Å². The summed E-state index contributed by atoms with van der Waals surface area (Å²) in [6.07, 6.45) is 1.07. The van der Waals surface area contributed by atoms with E-state index in [0.29, 0.717) is 41.5 Å². The molecule has 0 radical (unpaired) electrons. The molecule has 3 aliphatic rings. The standard InChI is InChI=1S/C25H26N2O6S/c1-11-8-16-17(9-12(11)2)33-21-18(20(16)29)19(14-6-5-7-15(28)10-14)27(23(21)30)25-26-13(3)22(34-25)24(31)32-4/h5-7,10-12,16-17,19,28H,8-9H2,1-4H3. The van der Waals surface area contributed by atoms with Crippen LogP contribution in [0.1, 0.15) is 53.7 Å². The van der Waals surface area contributed by atoms with Crippen molar-refractivity contribution in [3.63, 3.8) is 0 Å². The average molecular weight is 483 g/mol. The molecule has 1 saturated carbocycles. The number of carbonyl (C=O) groups is 3. The number of aryl methyl sites for hydroxylation is 1. The second-order valence-corrected chi connectivity index (χ2v) is 10.3. The molecule has 8 nitrogen and oxygen atoms in total. The molecule has 1 fully saturated rings. The van der Waals surface area contributed by atoms with Gasteiger partial charge in [-0.25, -0.2) is 9.78 Å². The number of phenols is 1. The number of Topliss-reactive ketones (excluding diaryl/α,β-unsaturated/α-hetero) is 1. The Morgan fingerprint density at radius 2 is 1.97 bits per heavy atom. The van der Waals surface area contributed by atoms with Crippen molar-refractivity contribution in [3.8, 4) is 5.75 Å². The molecule has 1 amide bonds. The number of amides is 1. The Bertz CT molecular complexity index is 1230. The Labute approximate surface area is 201 Å². The van der Waals surface area contributed by atoms with Gasteiger partial charge in [0, 0.05) is 0 Å². The van der Waals surface area contributed by atoms with Crippen molar-refractivity contribution in [2.75, 3.05) is 12.0 Å². The number of ketones is 1. The third kappa shape index (κ3) is 3.41. The molecule has 9 heteroatoms. The zero-order chi connectivity index (χ0) is 24.3. The highest BCUT2D eigenvalue weighted by Crippen LogP contribution is 2.50. The van der Waals surface area contributed by atoms with Gasteiger partial charge in [-0.15, -0.1) is 0 Å².